The molecule has 0 heterocycles. The quantitative estimate of drug-likeness (QED) is 0.530. The Morgan fingerprint density at radius 2 is 1.33 bits per heavy atom. The molecule has 24 heavy (non-hydrogen) atoms. The molecular weight excluding hydrogens is 291 g/mol. The van der Waals surface area contributed by atoms with Crippen molar-refractivity contribution >= 4 is 23.1 Å². The fourth-order valence-corrected chi connectivity index (χ4v) is 2.87. The minimum absolute atomic E-state index is 0.205. The van der Waals surface area contributed by atoms with E-state index in [1.165, 1.54) is 16.4 Å². The van der Waals surface area contributed by atoms with Crippen molar-refractivity contribution in [2.45, 2.75) is 0 Å². The molecule has 0 spiro atoms. The lowest BCUT2D eigenvalue weighted by atomic mass is 9.37. The fourth-order valence-electron chi connectivity index (χ4n) is 2.87. The lowest BCUT2D eigenvalue weighted by molar-refractivity contribution is 0.240. The van der Waals surface area contributed by atoms with Crippen molar-refractivity contribution in [3.8, 4) is 11.8 Å². The van der Waals surface area contributed by atoms with Crippen molar-refractivity contribution in [2.24, 2.45) is 0 Å². The van der Waals surface area contributed by atoms with Gasteiger partial charge in [0.15, 0.2) is 0 Å². The fraction of sp³-hybridized carbons (Fsp3) is 0.0909. The Kier molecular flexibility index (Phi) is 5.50. The monoisotopic (exact) mass is 310 g/mol. The largest absolute Gasteiger partial charge is 0.372 e. The van der Waals surface area contributed by atoms with E-state index < -0.39 is 0 Å². The lowest BCUT2D eigenvalue weighted by Crippen LogP contribution is -2.51. The van der Waals surface area contributed by atoms with E-state index in [0.717, 1.165) is 5.56 Å². The third-order valence-corrected chi connectivity index (χ3v) is 3.94. The summed E-state index contributed by atoms with van der Waals surface area (Å²) in [5.74, 6) is 6.19. The maximum atomic E-state index is 5.01. The molecule has 3 rings (SSSR count). The van der Waals surface area contributed by atoms with Crippen molar-refractivity contribution in [1.29, 1.82) is 0 Å². The Hall–Kier alpha value is -2.76. The third kappa shape index (κ3) is 3.96. The molecule has 0 radical (unpaired) electrons. The molecule has 0 aliphatic carbocycles. The van der Waals surface area contributed by atoms with Gasteiger partial charge in [-0.1, -0.05) is 107 Å². The zero-order chi connectivity index (χ0) is 16.6. The van der Waals surface area contributed by atoms with Crippen molar-refractivity contribution in [2.75, 3.05) is 13.7 Å². The molecule has 0 bridgehead atoms. The molecule has 3 aromatic carbocycles. The molecule has 2 heteroatoms. The molecule has 0 amide bonds. The van der Waals surface area contributed by atoms with Crippen LogP contribution in [-0.2, 0) is 4.74 Å². The summed E-state index contributed by atoms with van der Waals surface area (Å²) in [5, 5.41) is 0. The molecule has 0 aliphatic heterocycles. The van der Waals surface area contributed by atoms with E-state index in [-0.39, 0.29) is 6.71 Å². The van der Waals surface area contributed by atoms with Crippen LogP contribution in [0.5, 0.6) is 0 Å². The molecule has 0 unspecified atom stereocenters. The van der Waals surface area contributed by atoms with Crippen LogP contribution in [0, 0.1) is 11.8 Å². The average molecular weight is 310 g/mol. The predicted octanol–water partition coefficient (Wildman–Crippen LogP) is 2.20. The summed E-state index contributed by atoms with van der Waals surface area (Å²) in [4.78, 5) is 0. The molecule has 1 nitrogen and oxygen atoms in total. The number of hydrogen-bond donors (Lipinski definition) is 0. The topological polar surface area (TPSA) is 9.23 Å². The van der Waals surface area contributed by atoms with Crippen LogP contribution < -0.4 is 16.4 Å². The molecule has 0 aromatic heterocycles. The SMILES string of the molecule is COCC#Cc1cccc(B(c2ccccc2)c2ccccc2)c1. The maximum Gasteiger partial charge on any atom is 0.241 e. The normalized spacial score (nSPS) is 9.88. The van der Waals surface area contributed by atoms with Crippen LogP contribution in [0.15, 0.2) is 84.9 Å². The highest BCUT2D eigenvalue weighted by molar-refractivity contribution is 6.95. The highest BCUT2D eigenvalue weighted by Crippen LogP contribution is 1.99. The van der Waals surface area contributed by atoms with E-state index >= 15 is 0 Å². The predicted molar refractivity (Wildman–Crippen MR) is 103 cm³/mol. The Labute approximate surface area is 144 Å². The van der Waals surface area contributed by atoms with E-state index in [1.807, 2.05) is 6.07 Å². The molecule has 116 valence electrons. The second kappa shape index (κ2) is 8.20. The van der Waals surface area contributed by atoms with Crippen LogP contribution in [0.1, 0.15) is 5.56 Å². The molecule has 3 aromatic rings. The summed E-state index contributed by atoms with van der Waals surface area (Å²) in [5.41, 5.74) is 4.83. The smallest absolute Gasteiger partial charge is 0.241 e. The van der Waals surface area contributed by atoms with Crippen LogP contribution in [0.4, 0.5) is 0 Å². The molecule has 0 aliphatic rings. The second-order valence-electron chi connectivity index (χ2n) is 5.61. The molecule has 0 N–H and O–H groups in total. The van der Waals surface area contributed by atoms with Gasteiger partial charge in [-0.05, 0) is 6.07 Å². The number of hydrogen-bond acceptors (Lipinski definition) is 1. The van der Waals surface area contributed by atoms with Gasteiger partial charge in [-0.25, -0.2) is 0 Å². The number of methoxy groups -OCH3 is 1. The first-order valence-corrected chi connectivity index (χ1v) is 8.06. The first-order chi connectivity index (χ1) is 11.9. The number of rotatable bonds is 4. The summed E-state index contributed by atoms with van der Waals surface area (Å²) in [6.45, 7) is 0.655. The van der Waals surface area contributed by atoms with Gasteiger partial charge in [-0.15, -0.1) is 0 Å². The van der Waals surface area contributed by atoms with Gasteiger partial charge in [0.25, 0.3) is 0 Å². The van der Waals surface area contributed by atoms with Crippen LogP contribution in [-0.4, -0.2) is 20.4 Å². The molecular formula is C22H19BO. The van der Waals surface area contributed by atoms with Crippen LogP contribution in [0.2, 0.25) is 0 Å². The summed E-state index contributed by atoms with van der Waals surface area (Å²) in [6, 6.07) is 29.7. The summed E-state index contributed by atoms with van der Waals surface area (Å²) in [6.07, 6.45) is 0. The van der Waals surface area contributed by atoms with Gasteiger partial charge in [-0.3, -0.25) is 0 Å². The number of benzene rings is 3. The highest BCUT2D eigenvalue weighted by atomic mass is 16.5. The van der Waals surface area contributed by atoms with Crippen LogP contribution >= 0.6 is 0 Å². The zero-order valence-corrected chi connectivity index (χ0v) is 13.8. The summed E-state index contributed by atoms with van der Waals surface area (Å²) >= 11 is 0. The minimum Gasteiger partial charge on any atom is -0.372 e. The van der Waals surface area contributed by atoms with Crippen LogP contribution in [0.3, 0.4) is 0 Å². The highest BCUT2D eigenvalue weighted by Gasteiger charge is 2.21. The first kappa shape index (κ1) is 16.1. The molecule has 0 saturated carbocycles. The van der Waals surface area contributed by atoms with E-state index in [2.05, 4.69) is 90.7 Å². The maximum absolute atomic E-state index is 5.01. The molecule has 0 fully saturated rings. The van der Waals surface area contributed by atoms with Gasteiger partial charge in [0.1, 0.15) is 6.61 Å². The molecule has 0 saturated heterocycles. The van der Waals surface area contributed by atoms with Crippen molar-refractivity contribution in [3.05, 3.63) is 90.5 Å². The Balaban J connectivity index is 2.04. The molecule has 0 atom stereocenters. The van der Waals surface area contributed by atoms with Crippen LogP contribution in [0.25, 0.3) is 0 Å². The van der Waals surface area contributed by atoms with Gasteiger partial charge in [0, 0.05) is 12.7 Å². The standard InChI is InChI=1S/C22H19BO/c1-24-17-9-11-19-10-8-16-22(18-19)23(20-12-4-2-5-13-20)21-14-6-3-7-15-21/h2-8,10,12-16,18H,17H2,1H3. The summed E-state index contributed by atoms with van der Waals surface area (Å²) < 4.78 is 5.01. The Bertz CT molecular complexity index is 792. The minimum atomic E-state index is 0.205. The summed E-state index contributed by atoms with van der Waals surface area (Å²) in [7, 11) is 1.66. The number of ether oxygens (including phenoxy) is 1. The van der Waals surface area contributed by atoms with Gasteiger partial charge in [0.05, 0.1) is 0 Å². The third-order valence-electron chi connectivity index (χ3n) is 3.94. The van der Waals surface area contributed by atoms with Gasteiger partial charge in [0.2, 0.25) is 6.71 Å². The van der Waals surface area contributed by atoms with Crippen molar-refractivity contribution < 1.29 is 4.74 Å². The van der Waals surface area contributed by atoms with Crippen molar-refractivity contribution in [3.63, 3.8) is 0 Å². The Morgan fingerprint density at radius 3 is 1.92 bits per heavy atom. The van der Waals surface area contributed by atoms with E-state index in [9.17, 15) is 0 Å². The van der Waals surface area contributed by atoms with Crippen molar-refractivity contribution in [1.82, 2.24) is 0 Å². The second-order valence-corrected chi connectivity index (χ2v) is 5.61. The zero-order valence-electron chi connectivity index (χ0n) is 13.8. The van der Waals surface area contributed by atoms with E-state index in [0.29, 0.717) is 6.61 Å². The van der Waals surface area contributed by atoms with Gasteiger partial charge in [-0.2, -0.15) is 0 Å². The van der Waals surface area contributed by atoms with E-state index in [1.54, 1.807) is 7.11 Å². The first-order valence-electron chi connectivity index (χ1n) is 8.06. The average Bonchev–Trinajstić information content (AvgIpc) is 2.64. The van der Waals surface area contributed by atoms with Gasteiger partial charge >= 0.3 is 0 Å². The Morgan fingerprint density at radius 1 is 0.750 bits per heavy atom. The van der Waals surface area contributed by atoms with Gasteiger partial charge < -0.3 is 4.74 Å². The van der Waals surface area contributed by atoms with E-state index in [4.69, 9.17) is 4.74 Å². The lowest BCUT2D eigenvalue weighted by Gasteiger charge is -2.15.